The van der Waals surface area contributed by atoms with E-state index in [4.69, 9.17) is 4.74 Å². The maximum Gasteiger partial charge on any atom is 0.302 e. The van der Waals surface area contributed by atoms with Crippen LogP contribution in [0, 0.1) is 0 Å². The van der Waals surface area contributed by atoms with Crippen molar-refractivity contribution >= 4 is 5.97 Å². The van der Waals surface area contributed by atoms with E-state index in [9.17, 15) is 4.79 Å². The Morgan fingerprint density at radius 2 is 1.56 bits per heavy atom. The van der Waals surface area contributed by atoms with Crippen LogP contribution in [0.5, 0.6) is 0 Å². The van der Waals surface area contributed by atoms with Crippen LogP contribution in [0.3, 0.4) is 0 Å². The molecule has 0 heterocycles. The van der Waals surface area contributed by atoms with Crippen LogP contribution < -0.4 is 0 Å². The normalized spacial score (nSPS) is 11.4. The zero-order valence-corrected chi connectivity index (χ0v) is 12.0. The molecule has 0 aliphatic heterocycles. The van der Waals surface area contributed by atoms with Gasteiger partial charge < -0.3 is 4.74 Å². The van der Waals surface area contributed by atoms with E-state index in [1.54, 1.807) is 0 Å². The van der Waals surface area contributed by atoms with Gasteiger partial charge in [0, 0.05) is 6.92 Å². The van der Waals surface area contributed by atoms with Gasteiger partial charge in [-0.3, -0.25) is 4.79 Å². The Hall–Kier alpha value is -1.05. The molecule has 0 spiro atoms. The Balaban J connectivity index is 3.05. The van der Waals surface area contributed by atoms with Crippen LogP contribution in [0.1, 0.15) is 65.2 Å². The lowest BCUT2D eigenvalue weighted by atomic mass is 10.1. The minimum Gasteiger partial charge on any atom is -0.466 e. The molecule has 0 unspecified atom stereocenters. The third kappa shape index (κ3) is 14.9. The van der Waals surface area contributed by atoms with Crippen molar-refractivity contribution in [3.8, 4) is 0 Å². The van der Waals surface area contributed by atoms with Crippen LogP contribution in [-0.4, -0.2) is 12.6 Å². The van der Waals surface area contributed by atoms with Gasteiger partial charge in [0.25, 0.3) is 0 Å². The minimum atomic E-state index is -0.166. The summed E-state index contributed by atoms with van der Waals surface area (Å²) in [6.07, 6.45) is 18.4. The molecule has 104 valence electrons. The first-order chi connectivity index (χ1) is 8.77. The monoisotopic (exact) mass is 252 g/mol. The largest absolute Gasteiger partial charge is 0.466 e. The molecule has 2 nitrogen and oxygen atoms in total. The number of ether oxygens (including phenoxy) is 1. The summed E-state index contributed by atoms with van der Waals surface area (Å²) in [5, 5.41) is 0. The summed E-state index contributed by atoms with van der Waals surface area (Å²) in [6.45, 7) is 4.08. The van der Waals surface area contributed by atoms with Gasteiger partial charge >= 0.3 is 5.97 Å². The van der Waals surface area contributed by atoms with Crippen LogP contribution >= 0.6 is 0 Å². The van der Waals surface area contributed by atoms with E-state index in [-0.39, 0.29) is 5.97 Å². The first-order valence-corrected chi connectivity index (χ1v) is 7.18. The lowest BCUT2D eigenvalue weighted by molar-refractivity contribution is -0.141. The summed E-state index contributed by atoms with van der Waals surface area (Å²) in [7, 11) is 0. The maximum atomic E-state index is 10.5. The van der Waals surface area contributed by atoms with Crippen molar-refractivity contribution in [1.82, 2.24) is 0 Å². The molecule has 0 radical (unpaired) electrons. The molecule has 0 aliphatic rings. The Morgan fingerprint density at radius 1 is 0.944 bits per heavy atom. The molecule has 0 aromatic heterocycles. The third-order valence-electron chi connectivity index (χ3n) is 2.76. The summed E-state index contributed by atoms with van der Waals surface area (Å²) >= 11 is 0. The number of carbonyl (C=O) groups excluding carboxylic acids is 1. The third-order valence-corrected chi connectivity index (χ3v) is 2.76. The molecule has 0 aliphatic carbocycles. The van der Waals surface area contributed by atoms with Crippen molar-refractivity contribution in [3.63, 3.8) is 0 Å². The van der Waals surface area contributed by atoms with Crippen molar-refractivity contribution in [3.05, 3.63) is 24.3 Å². The molecular weight excluding hydrogens is 224 g/mol. The van der Waals surface area contributed by atoms with E-state index in [2.05, 4.69) is 18.2 Å². The van der Waals surface area contributed by atoms with Gasteiger partial charge in [-0.25, -0.2) is 0 Å². The molecule has 0 saturated heterocycles. The molecule has 0 atom stereocenters. The van der Waals surface area contributed by atoms with E-state index in [0.29, 0.717) is 6.61 Å². The fourth-order valence-corrected chi connectivity index (χ4v) is 1.75. The Kier molecular flexibility index (Phi) is 13.2. The highest BCUT2D eigenvalue weighted by Gasteiger charge is 1.94. The summed E-state index contributed by atoms with van der Waals surface area (Å²) in [4.78, 5) is 10.5. The fourth-order valence-electron chi connectivity index (χ4n) is 1.75. The molecule has 0 amide bonds. The molecule has 0 rings (SSSR count). The lowest BCUT2D eigenvalue weighted by Crippen LogP contribution is -1.99. The van der Waals surface area contributed by atoms with Gasteiger partial charge in [0.2, 0.25) is 0 Å². The topological polar surface area (TPSA) is 26.3 Å². The fraction of sp³-hybridized carbons (Fsp3) is 0.688. The van der Waals surface area contributed by atoms with Crippen LogP contribution in [0.15, 0.2) is 24.3 Å². The van der Waals surface area contributed by atoms with Crippen LogP contribution in [0.25, 0.3) is 0 Å². The van der Waals surface area contributed by atoms with Gasteiger partial charge in [-0.05, 0) is 26.2 Å². The summed E-state index contributed by atoms with van der Waals surface area (Å²) in [5.41, 5.74) is 0. The highest BCUT2D eigenvalue weighted by molar-refractivity contribution is 5.65. The molecule has 0 N–H and O–H groups in total. The van der Waals surface area contributed by atoms with Crippen molar-refractivity contribution in [1.29, 1.82) is 0 Å². The molecule has 2 heteroatoms. The van der Waals surface area contributed by atoms with Gasteiger partial charge in [0.15, 0.2) is 0 Å². The Morgan fingerprint density at radius 3 is 2.17 bits per heavy atom. The molecular formula is C16H28O2. The summed E-state index contributed by atoms with van der Waals surface area (Å²) in [6, 6.07) is 0. The molecule has 0 aromatic rings. The molecule has 0 bridgehead atoms. The van der Waals surface area contributed by atoms with Gasteiger partial charge in [-0.2, -0.15) is 0 Å². The zero-order chi connectivity index (χ0) is 13.5. The van der Waals surface area contributed by atoms with Crippen molar-refractivity contribution in [2.45, 2.75) is 65.2 Å². The number of hydrogen-bond acceptors (Lipinski definition) is 2. The smallest absolute Gasteiger partial charge is 0.302 e. The van der Waals surface area contributed by atoms with Crippen LogP contribution in [0.2, 0.25) is 0 Å². The number of unbranched alkanes of at least 4 members (excludes halogenated alkanes) is 7. The van der Waals surface area contributed by atoms with Gasteiger partial charge in [-0.1, -0.05) is 56.4 Å². The second kappa shape index (κ2) is 14.0. The van der Waals surface area contributed by atoms with Crippen molar-refractivity contribution in [2.75, 3.05) is 6.61 Å². The molecule has 0 aromatic carbocycles. The number of allylic oxidation sites excluding steroid dienone is 4. The van der Waals surface area contributed by atoms with Crippen LogP contribution in [0.4, 0.5) is 0 Å². The number of hydrogen-bond donors (Lipinski definition) is 0. The predicted octanol–water partition coefficient (Wildman–Crippen LogP) is 4.80. The quantitative estimate of drug-likeness (QED) is 0.300. The Bertz CT molecular complexity index is 241. The lowest BCUT2D eigenvalue weighted by Gasteiger charge is -2.02. The number of rotatable bonds is 11. The molecule has 0 saturated carbocycles. The predicted molar refractivity (Wildman–Crippen MR) is 77.5 cm³/mol. The van der Waals surface area contributed by atoms with E-state index >= 15 is 0 Å². The van der Waals surface area contributed by atoms with Gasteiger partial charge in [0.1, 0.15) is 0 Å². The van der Waals surface area contributed by atoms with Crippen molar-refractivity contribution < 1.29 is 9.53 Å². The second-order valence-electron chi connectivity index (χ2n) is 4.56. The van der Waals surface area contributed by atoms with Gasteiger partial charge in [0.05, 0.1) is 6.61 Å². The Labute approximate surface area is 112 Å². The average molecular weight is 252 g/mol. The second-order valence-corrected chi connectivity index (χ2v) is 4.56. The zero-order valence-electron chi connectivity index (χ0n) is 12.0. The summed E-state index contributed by atoms with van der Waals surface area (Å²) < 4.78 is 4.88. The first-order valence-electron chi connectivity index (χ1n) is 7.18. The molecule has 0 fully saturated rings. The summed E-state index contributed by atoms with van der Waals surface area (Å²) in [5.74, 6) is -0.166. The van der Waals surface area contributed by atoms with E-state index < -0.39 is 0 Å². The van der Waals surface area contributed by atoms with E-state index in [1.807, 2.05) is 13.0 Å². The maximum absolute atomic E-state index is 10.5. The van der Waals surface area contributed by atoms with Crippen LogP contribution in [-0.2, 0) is 9.53 Å². The highest BCUT2D eigenvalue weighted by Crippen LogP contribution is 2.09. The molecule has 18 heavy (non-hydrogen) atoms. The van der Waals surface area contributed by atoms with Crippen molar-refractivity contribution in [2.24, 2.45) is 0 Å². The first kappa shape index (κ1) is 16.9. The number of esters is 1. The average Bonchev–Trinajstić information content (AvgIpc) is 2.34. The van der Waals surface area contributed by atoms with Gasteiger partial charge in [-0.15, -0.1) is 0 Å². The standard InChI is InChI=1S/C16H28O2/c1-3-4-5-6-7-8-9-10-11-12-13-14-15-18-16(2)17/h3-6H,7-15H2,1-2H3/b4-3-,6-5-. The minimum absolute atomic E-state index is 0.166. The van der Waals surface area contributed by atoms with E-state index in [1.165, 1.54) is 51.9 Å². The number of carbonyl (C=O) groups is 1. The highest BCUT2D eigenvalue weighted by atomic mass is 16.5. The van der Waals surface area contributed by atoms with E-state index in [0.717, 1.165) is 6.42 Å². The SMILES string of the molecule is C/C=C\C=C/CCCCCCCCCOC(C)=O.